The first-order chi connectivity index (χ1) is 8.51. The molecular weight excluding hydrogens is 228 g/mol. The van der Waals surface area contributed by atoms with Crippen LogP contribution in [0.1, 0.15) is 13.8 Å². The van der Waals surface area contributed by atoms with Crippen molar-refractivity contribution in [2.24, 2.45) is 10.7 Å². The van der Waals surface area contributed by atoms with Gasteiger partial charge in [-0.15, -0.1) is 0 Å². The van der Waals surface area contributed by atoms with Crippen LogP contribution in [0.2, 0.25) is 0 Å². The largest absolute Gasteiger partial charge is 0.369 e. The first-order valence-corrected chi connectivity index (χ1v) is 5.97. The van der Waals surface area contributed by atoms with E-state index in [-0.39, 0.29) is 5.91 Å². The first kappa shape index (κ1) is 12.4. The summed E-state index contributed by atoms with van der Waals surface area (Å²) in [6.45, 7) is 4.94. The Labute approximate surface area is 107 Å². The van der Waals surface area contributed by atoms with Crippen molar-refractivity contribution in [2.45, 2.75) is 19.4 Å². The van der Waals surface area contributed by atoms with Crippen molar-refractivity contribution in [1.29, 1.82) is 0 Å². The number of carbonyl (C=O) groups is 1. The summed E-state index contributed by atoms with van der Waals surface area (Å²) < 4.78 is 0. The second-order valence-electron chi connectivity index (χ2n) is 4.77. The number of nitrogens with two attached hydrogens (primary N) is 1. The Hall–Kier alpha value is -2.04. The number of piperazine rings is 1. The molecule has 2 rings (SSSR count). The number of nitrogens with zero attached hydrogens (tertiary/aromatic N) is 2. The van der Waals surface area contributed by atoms with E-state index in [1.165, 1.54) is 0 Å². The van der Waals surface area contributed by atoms with Gasteiger partial charge >= 0.3 is 0 Å². The fraction of sp³-hybridized carbons (Fsp3) is 0.385. The maximum absolute atomic E-state index is 11.8. The molecule has 1 aromatic carbocycles. The van der Waals surface area contributed by atoms with Gasteiger partial charge in [0.05, 0.1) is 5.69 Å². The van der Waals surface area contributed by atoms with Crippen LogP contribution in [0.3, 0.4) is 0 Å². The molecule has 1 amide bonds. The number of nitrogens with one attached hydrogen (secondary N) is 1. The van der Waals surface area contributed by atoms with Crippen molar-refractivity contribution < 1.29 is 4.79 Å². The molecule has 0 radical (unpaired) electrons. The number of aliphatic imine (C=N–C) groups is 1. The van der Waals surface area contributed by atoms with Gasteiger partial charge in [0.15, 0.2) is 5.96 Å². The molecule has 1 aromatic rings. The van der Waals surface area contributed by atoms with E-state index >= 15 is 0 Å². The lowest BCUT2D eigenvalue weighted by molar-refractivity contribution is -0.132. The molecule has 1 aliphatic heterocycles. The number of carbonyl (C=O) groups excluding carboxylic acids is 1. The van der Waals surface area contributed by atoms with Gasteiger partial charge in [-0.25, -0.2) is 4.99 Å². The van der Waals surface area contributed by atoms with E-state index in [0.29, 0.717) is 19.0 Å². The Morgan fingerprint density at radius 2 is 2.06 bits per heavy atom. The third kappa shape index (κ3) is 2.30. The molecule has 1 aliphatic rings. The van der Waals surface area contributed by atoms with E-state index in [1.54, 1.807) is 0 Å². The molecule has 1 saturated heterocycles. The Morgan fingerprint density at radius 1 is 1.39 bits per heavy atom. The number of rotatable bonds is 1. The van der Waals surface area contributed by atoms with Crippen molar-refractivity contribution in [3.63, 3.8) is 0 Å². The highest BCUT2D eigenvalue weighted by Gasteiger charge is 2.38. The molecule has 1 heterocycles. The number of guanidine groups is 1. The minimum absolute atomic E-state index is 0.0278. The van der Waals surface area contributed by atoms with Gasteiger partial charge in [-0.05, 0) is 26.0 Å². The summed E-state index contributed by atoms with van der Waals surface area (Å²) in [4.78, 5) is 18.0. The Balaban J connectivity index is 2.25. The summed E-state index contributed by atoms with van der Waals surface area (Å²) in [5.74, 6) is 0.348. The topological polar surface area (TPSA) is 70.7 Å². The predicted molar refractivity (Wildman–Crippen MR) is 71.5 cm³/mol. The van der Waals surface area contributed by atoms with Gasteiger partial charge in [-0.2, -0.15) is 0 Å². The molecule has 0 spiro atoms. The quantitative estimate of drug-likeness (QED) is 0.570. The molecule has 5 heteroatoms. The molecule has 1 fully saturated rings. The van der Waals surface area contributed by atoms with Crippen molar-refractivity contribution in [3.8, 4) is 0 Å². The van der Waals surface area contributed by atoms with Crippen molar-refractivity contribution in [2.75, 3.05) is 13.1 Å². The van der Waals surface area contributed by atoms with Gasteiger partial charge in [-0.3, -0.25) is 4.79 Å². The van der Waals surface area contributed by atoms with Crippen molar-refractivity contribution in [3.05, 3.63) is 30.3 Å². The number of hydrogen-bond donors (Lipinski definition) is 2. The molecule has 18 heavy (non-hydrogen) atoms. The molecule has 0 bridgehead atoms. The van der Waals surface area contributed by atoms with Crippen LogP contribution in [0.15, 0.2) is 35.3 Å². The molecule has 0 aliphatic carbocycles. The fourth-order valence-electron chi connectivity index (χ4n) is 2.00. The smallest absolute Gasteiger partial charge is 0.245 e. The maximum Gasteiger partial charge on any atom is 0.245 e. The SMILES string of the molecule is CC1(C)C(=O)NCCN1C(N)=Nc1ccccc1. The van der Waals surface area contributed by atoms with E-state index in [4.69, 9.17) is 5.73 Å². The highest BCUT2D eigenvalue weighted by molar-refractivity contribution is 5.93. The van der Waals surface area contributed by atoms with Gasteiger partial charge < -0.3 is 16.0 Å². The Morgan fingerprint density at radius 3 is 2.72 bits per heavy atom. The minimum Gasteiger partial charge on any atom is -0.369 e. The summed E-state index contributed by atoms with van der Waals surface area (Å²) in [5, 5.41) is 2.83. The van der Waals surface area contributed by atoms with Crippen LogP contribution in [0.25, 0.3) is 0 Å². The van der Waals surface area contributed by atoms with Crippen LogP contribution >= 0.6 is 0 Å². The zero-order chi connectivity index (χ0) is 13.2. The van der Waals surface area contributed by atoms with E-state index in [2.05, 4.69) is 10.3 Å². The third-order valence-electron chi connectivity index (χ3n) is 3.13. The maximum atomic E-state index is 11.8. The van der Waals surface area contributed by atoms with Gasteiger partial charge in [0, 0.05) is 13.1 Å². The van der Waals surface area contributed by atoms with Gasteiger partial charge in [0.25, 0.3) is 0 Å². The molecule has 96 valence electrons. The molecule has 5 nitrogen and oxygen atoms in total. The Bertz CT molecular complexity index is 467. The van der Waals surface area contributed by atoms with Crippen LogP contribution < -0.4 is 11.1 Å². The third-order valence-corrected chi connectivity index (χ3v) is 3.13. The number of benzene rings is 1. The second kappa shape index (κ2) is 4.68. The molecule has 0 aromatic heterocycles. The average Bonchev–Trinajstić information content (AvgIpc) is 2.33. The zero-order valence-corrected chi connectivity index (χ0v) is 10.7. The lowest BCUT2D eigenvalue weighted by atomic mass is 9.99. The lowest BCUT2D eigenvalue weighted by Gasteiger charge is -2.41. The van der Waals surface area contributed by atoms with Crippen LogP contribution in [0, 0.1) is 0 Å². The van der Waals surface area contributed by atoms with Gasteiger partial charge in [0.2, 0.25) is 5.91 Å². The van der Waals surface area contributed by atoms with Gasteiger partial charge in [-0.1, -0.05) is 18.2 Å². The van der Waals surface area contributed by atoms with Crippen LogP contribution in [0.4, 0.5) is 5.69 Å². The molecule has 3 N–H and O–H groups in total. The van der Waals surface area contributed by atoms with Crippen molar-refractivity contribution in [1.82, 2.24) is 10.2 Å². The molecule has 0 unspecified atom stereocenters. The standard InChI is InChI=1S/C13H18N4O/c1-13(2)11(18)15-8-9-17(13)12(14)16-10-6-4-3-5-7-10/h3-7H,8-9H2,1-2H3,(H2,14,16)(H,15,18). The summed E-state index contributed by atoms with van der Waals surface area (Å²) >= 11 is 0. The fourth-order valence-corrected chi connectivity index (χ4v) is 2.00. The van der Waals surface area contributed by atoms with E-state index in [9.17, 15) is 4.79 Å². The van der Waals surface area contributed by atoms with Crippen LogP contribution in [-0.4, -0.2) is 35.4 Å². The summed E-state index contributed by atoms with van der Waals surface area (Å²) in [6.07, 6.45) is 0. The predicted octanol–water partition coefficient (Wildman–Crippen LogP) is 0.843. The summed E-state index contributed by atoms with van der Waals surface area (Å²) in [6, 6.07) is 9.49. The molecular formula is C13H18N4O. The van der Waals surface area contributed by atoms with E-state index in [0.717, 1.165) is 5.69 Å². The monoisotopic (exact) mass is 246 g/mol. The number of hydrogen-bond acceptors (Lipinski definition) is 2. The van der Waals surface area contributed by atoms with Crippen molar-refractivity contribution >= 4 is 17.6 Å². The number of para-hydroxylation sites is 1. The van der Waals surface area contributed by atoms with E-state index < -0.39 is 5.54 Å². The van der Waals surface area contributed by atoms with Crippen LogP contribution in [-0.2, 0) is 4.79 Å². The molecule has 0 saturated carbocycles. The number of amides is 1. The van der Waals surface area contributed by atoms with Crippen LogP contribution in [0.5, 0.6) is 0 Å². The van der Waals surface area contributed by atoms with E-state index in [1.807, 2.05) is 49.1 Å². The first-order valence-electron chi connectivity index (χ1n) is 5.97. The Kier molecular flexibility index (Phi) is 3.23. The van der Waals surface area contributed by atoms with Gasteiger partial charge in [0.1, 0.15) is 5.54 Å². The minimum atomic E-state index is -0.666. The normalized spacial score (nSPS) is 19.6. The lowest BCUT2D eigenvalue weighted by Crippen LogP contribution is -2.64. The summed E-state index contributed by atoms with van der Waals surface area (Å²) in [7, 11) is 0. The molecule has 0 atom stereocenters. The second-order valence-corrected chi connectivity index (χ2v) is 4.77. The average molecular weight is 246 g/mol. The summed E-state index contributed by atoms with van der Waals surface area (Å²) in [5.41, 5.74) is 6.14. The zero-order valence-electron chi connectivity index (χ0n) is 10.7. The highest BCUT2D eigenvalue weighted by Crippen LogP contribution is 2.19. The highest BCUT2D eigenvalue weighted by atomic mass is 16.2.